The van der Waals surface area contributed by atoms with Crippen molar-refractivity contribution >= 4 is 44.6 Å². The van der Waals surface area contributed by atoms with Crippen LogP contribution in [0.4, 0.5) is 0 Å². The van der Waals surface area contributed by atoms with Gasteiger partial charge in [0, 0.05) is 22.2 Å². The van der Waals surface area contributed by atoms with E-state index in [4.69, 9.17) is 34.8 Å². The number of hydrogen-bond donors (Lipinski definition) is 0. The van der Waals surface area contributed by atoms with Gasteiger partial charge in [0.05, 0.1) is 11.0 Å². The van der Waals surface area contributed by atoms with Gasteiger partial charge in [0.2, 0.25) is 0 Å². The number of benzene rings is 1. The van der Waals surface area contributed by atoms with Crippen molar-refractivity contribution in [3.63, 3.8) is 0 Å². The summed E-state index contributed by atoms with van der Waals surface area (Å²) in [5, 5.41) is 0.160. The molecule has 0 fully saturated rings. The van der Waals surface area contributed by atoms with Crippen molar-refractivity contribution in [1.29, 1.82) is 0 Å². The van der Waals surface area contributed by atoms with Crippen LogP contribution >= 0.6 is 34.8 Å². The smallest absolute Gasteiger partial charge is 0.152 e. The Morgan fingerprint density at radius 3 is 2.15 bits per heavy atom. The third-order valence-electron chi connectivity index (χ3n) is 3.54. The minimum absolute atomic E-state index is 0.0509. The van der Waals surface area contributed by atoms with Crippen molar-refractivity contribution in [3.8, 4) is 0 Å². The first-order valence-corrected chi connectivity index (χ1v) is 9.54. The van der Waals surface area contributed by atoms with Crippen LogP contribution in [-0.4, -0.2) is 31.2 Å². The Bertz CT molecular complexity index is 537. The van der Waals surface area contributed by atoms with E-state index >= 15 is 0 Å². The molecule has 0 aromatic heterocycles. The van der Waals surface area contributed by atoms with E-state index < -0.39 is 20.5 Å². The van der Waals surface area contributed by atoms with Gasteiger partial charge in [-0.05, 0) is 31.9 Å². The number of sulfone groups is 1. The lowest BCUT2D eigenvalue weighted by molar-refractivity contribution is 0.509. The lowest BCUT2D eigenvalue weighted by atomic mass is 9.81. The van der Waals surface area contributed by atoms with Gasteiger partial charge in [0.1, 0.15) is 0 Å². The van der Waals surface area contributed by atoms with Crippen LogP contribution in [0.1, 0.15) is 25.8 Å². The number of rotatable bonds is 7. The maximum Gasteiger partial charge on any atom is 0.152 e. The molecular weight excluding hydrogens is 339 g/mol. The van der Waals surface area contributed by atoms with Crippen molar-refractivity contribution < 1.29 is 8.42 Å². The summed E-state index contributed by atoms with van der Waals surface area (Å²) < 4.78 is 24.0. The summed E-state index contributed by atoms with van der Waals surface area (Å²) >= 11 is 18.4. The fourth-order valence-electron chi connectivity index (χ4n) is 1.91. The SMILES string of the molecule is CC(C)S(=O)(=O)CCC(CCl)(CCl)c1ccccc1Cl. The first kappa shape index (κ1) is 18.1. The van der Waals surface area contributed by atoms with Crippen LogP contribution in [0.3, 0.4) is 0 Å². The van der Waals surface area contributed by atoms with Crippen LogP contribution in [0, 0.1) is 0 Å². The molecule has 0 bridgehead atoms. The number of alkyl halides is 2. The standard InChI is InChI=1S/C14H19Cl3O2S/c1-11(2)20(18,19)8-7-14(9-15,10-16)12-5-3-4-6-13(12)17/h3-6,11H,7-10H2,1-2H3. The lowest BCUT2D eigenvalue weighted by Gasteiger charge is -2.31. The van der Waals surface area contributed by atoms with Gasteiger partial charge in [-0.1, -0.05) is 29.8 Å². The van der Waals surface area contributed by atoms with Crippen molar-refractivity contribution in [2.24, 2.45) is 0 Å². The molecule has 1 aromatic rings. The van der Waals surface area contributed by atoms with Crippen LogP contribution in [0.2, 0.25) is 5.02 Å². The molecule has 0 radical (unpaired) electrons. The minimum atomic E-state index is -3.13. The molecule has 0 heterocycles. The zero-order chi connectivity index (χ0) is 15.4. The Hall–Kier alpha value is 0.0400. The summed E-state index contributed by atoms with van der Waals surface area (Å²) in [6.07, 6.45) is 0.365. The molecule has 0 spiro atoms. The quantitative estimate of drug-likeness (QED) is 0.683. The van der Waals surface area contributed by atoms with Crippen molar-refractivity contribution in [2.45, 2.75) is 30.9 Å². The zero-order valence-electron chi connectivity index (χ0n) is 11.6. The van der Waals surface area contributed by atoms with Crippen molar-refractivity contribution in [2.75, 3.05) is 17.5 Å². The van der Waals surface area contributed by atoms with Gasteiger partial charge in [-0.15, -0.1) is 23.2 Å². The summed E-state index contributed by atoms with van der Waals surface area (Å²) in [4.78, 5) is 0. The molecular formula is C14H19Cl3O2S. The molecule has 0 N–H and O–H groups in total. The summed E-state index contributed by atoms with van der Waals surface area (Å²) in [5.74, 6) is 0.511. The number of halogens is 3. The molecule has 0 saturated carbocycles. The Morgan fingerprint density at radius 1 is 1.15 bits per heavy atom. The molecule has 1 aromatic carbocycles. The van der Waals surface area contributed by atoms with Crippen LogP contribution in [-0.2, 0) is 15.3 Å². The van der Waals surface area contributed by atoms with E-state index in [1.807, 2.05) is 18.2 Å². The molecule has 0 unspecified atom stereocenters. The molecule has 0 saturated heterocycles. The van der Waals surface area contributed by atoms with E-state index in [2.05, 4.69) is 0 Å². The molecule has 0 atom stereocenters. The van der Waals surface area contributed by atoms with Crippen LogP contribution < -0.4 is 0 Å². The highest BCUT2D eigenvalue weighted by molar-refractivity contribution is 7.91. The van der Waals surface area contributed by atoms with Crippen LogP contribution in [0.25, 0.3) is 0 Å². The second-order valence-electron chi connectivity index (χ2n) is 5.19. The van der Waals surface area contributed by atoms with E-state index in [9.17, 15) is 8.42 Å². The Balaban J connectivity index is 3.09. The molecule has 114 valence electrons. The van der Waals surface area contributed by atoms with E-state index in [0.29, 0.717) is 11.4 Å². The summed E-state index contributed by atoms with van der Waals surface area (Å²) in [6.45, 7) is 3.35. The van der Waals surface area contributed by atoms with Gasteiger partial charge in [0.25, 0.3) is 0 Å². The molecule has 2 nitrogen and oxygen atoms in total. The molecule has 6 heteroatoms. The lowest BCUT2D eigenvalue weighted by Crippen LogP contribution is -2.34. The minimum Gasteiger partial charge on any atom is -0.229 e. The van der Waals surface area contributed by atoms with Gasteiger partial charge in [-0.2, -0.15) is 0 Å². The largest absolute Gasteiger partial charge is 0.229 e. The fourth-order valence-corrected chi connectivity index (χ4v) is 4.24. The first-order chi connectivity index (χ1) is 9.29. The molecule has 20 heavy (non-hydrogen) atoms. The van der Waals surface area contributed by atoms with Gasteiger partial charge in [-0.25, -0.2) is 8.42 Å². The van der Waals surface area contributed by atoms with E-state index in [1.54, 1.807) is 19.9 Å². The molecule has 0 aliphatic rings. The maximum absolute atomic E-state index is 12.0. The predicted octanol–water partition coefficient (Wildman–Crippen LogP) is 4.27. The Kier molecular flexibility index (Phi) is 6.65. The van der Waals surface area contributed by atoms with Gasteiger partial charge in [-0.3, -0.25) is 0 Å². The number of hydrogen-bond acceptors (Lipinski definition) is 2. The van der Waals surface area contributed by atoms with Gasteiger partial charge in [0.15, 0.2) is 9.84 Å². The van der Waals surface area contributed by atoms with E-state index in [-0.39, 0.29) is 17.5 Å². The topological polar surface area (TPSA) is 34.1 Å². The second-order valence-corrected chi connectivity index (χ2v) is 8.81. The van der Waals surface area contributed by atoms with Gasteiger partial charge >= 0.3 is 0 Å². The highest BCUT2D eigenvalue weighted by Crippen LogP contribution is 2.36. The Morgan fingerprint density at radius 2 is 1.70 bits per heavy atom. The second kappa shape index (κ2) is 7.35. The molecule has 1 rings (SSSR count). The maximum atomic E-state index is 12.0. The van der Waals surface area contributed by atoms with Crippen molar-refractivity contribution in [1.82, 2.24) is 0 Å². The van der Waals surface area contributed by atoms with Crippen molar-refractivity contribution in [3.05, 3.63) is 34.9 Å². The normalized spacial score (nSPS) is 12.9. The average Bonchev–Trinajstić information content (AvgIpc) is 2.42. The third-order valence-corrected chi connectivity index (χ3v) is 7.10. The van der Waals surface area contributed by atoms with E-state index in [0.717, 1.165) is 5.56 Å². The van der Waals surface area contributed by atoms with Gasteiger partial charge < -0.3 is 0 Å². The molecule has 0 amide bonds. The highest BCUT2D eigenvalue weighted by Gasteiger charge is 2.34. The van der Waals surface area contributed by atoms with Crippen LogP contribution in [0.15, 0.2) is 24.3 Å². The highest BCUT2D eigenvalue weighted by atomic mass is 35.5. The third kappa shape index (κ3) is 4.03. The summed E-state index contributed by atoms with van der Waals surface area (Å²) in [6, 6.07) is 7.30. The van der Waals surface area contributed by atoms with Crippen LogP contribution in [0.5, 0.6) is 0 Å². The zero-order valence-corrected chi connectivity index (χ0v) is 14.7. The first-order valence-electron chi connectivity index (χ1n) is 6.37. The predicted molar refractivity (Wildman–Crippen MR) is 88.1 cm³/mol. The average molecular weight is 358 g/mol. The Labute approximate surface area is 136 Å². The summed E-state index contributed by atoms with van der Waals surface area (Å²) in [5.41, 5.74) is 0.189. The molecule has 0 aliphatic carbocycles. The van der Waals surface area contributed by atoms with E-state index in [1.165, 1.54) is 0 Å². The summed E-state index contributed by atoms with van der Waals surface area (Å²) in [7, 11) is -3.13. The monoisotopic (exact) mass is 356 g/mol. The molecule has 0 aliphatic heterocycles. The fraction of sp³-hybridized carbons (Fsp3) is 0.571.